The second kappa shape index (κ2) is 4.23. The van der Waals surface area contributed by atoms with E-state index in [-0.39, 0.29) is 17.9 Å². The van der Waals surface area contributed by atoms with Gasteiger partial charge in [0, 0.05) is 6.54 Å². The first-order chi connectivity index (χ1) is 6.15. The molecule has 1 aliphatic rings. The molecule has 0 aromatic carbocycles. The van der Waals surface area contributed by atoms with E-state index in [0.717, 1.165) is 0 Å². The highest BCUT2D eigenvalue weighted by Crippen LogP contribution is 1.96. The van der Waals surface area contributed by atoms with E-state index in [1.54, 1.807) is 13.8 Å². The average Bonchev–Trinajstić information content (AvgIpc) is 2.10. The maximum absolute atomic E-state index is 11.2. The summed E-state index contributed by atoms with van der Waals surface area (Å²) in [5.74, 6) is -0.542. The summed E-state index contributed by atoms with van der Waals surface area (Å²) < 4.78 is 4.77. The van der Waals surface area contributed by atoms with Crippen LogP contribution in [0, 0.1) is 0 Å². The number of nitrogens with one attached hydrogen (secondary N) is 2. The van der Waals surface area contributed by atoms with Crippen LogP contribution in [0.3, 0.4) is 0 Å². The monoisotopic (exact) mass is 186 g/mol. The quantitative estimate of drug-likeness (QED) is 0.544. The summed E-state index contributed by atoms with van der Waals surface area (Å²) in [6, 6.07) is -0.769. The van der Waals surface area contributed by atoms with Crippen molar-refractivity contribution in [3.63, 3.8) is 0 Å². The fraction of sp³-hybridized carbons (Fsp3) is 0.750. The smallest absolute Gasteiger partial charge is 0.329 e. The molecule has 5 nitrogen and oxygen atoms in total. The summed E-state index contributed by atoms with van der Waals surface area (Å²) >= 11 is 0. The molecule has 0 aromatic heterocycles. The Morgan fingerprint density at radius 3 is 2.92 bits per heavy atom. The lowest BCUT2D eigenvalue weighted by Crippen LogP contribution is -2.60. The van der Waals surface area contributed by atoms with Gasteiger partial charge < -0.3 is 15.4 Å². The van der Waals surface area contributed by atoms with Gasteiger partial charge in [-0.25, -0.2) is 4.79 Å². The van der Waals surface area contributed by atoms with Gasteiger partial charge in [-0.1, -0.05) is 0 Å². The lowest BCUT2D eigenvalue weighted by atomic mass is 10.1. The zero-order valence-electron chi connectivity index (χ0n) is 7.79. The van der Waals surface area contributed by atoms with Gasteiger partial charge in [0.15, 0.2) is 0 Å². The molecule has 2 N–H and O–H groups in total. The number of piperazine rings is 1. The molecule has 2 unspecified atom stereocenters. The van der Waals surface area contributed by atoms with Gasteiger partial charge in [0.2, 0.25) is 5.91 Å². The summed E-state index contributed by atoms with van der Waals surface area (Å²) in [4.78, 5) is 22.3. The SMILES string of the molecule is CCOC(=O)C1CNC(C)C(=O)N1. The Morgan fingerprint density at radius 2 is 2.38 bits per heavy atom. The molecular weight excluding hydrogens is 172 g/mol. The van der Waals surface area contributed by atoms with E-state index in [4.69, 9.17) is 4.74 Å². The van der Waals surface area contributed by atoms with Crippen LogP contribution in [0.25, 0.3) is 0 Å². The molecule has 1 heterocycles. The van der Waals surface area contributed by atoms with Crippen molar-refractivity contribution in [1.29, 1.82) is 0 Å². The average molecular weight is 186 g/mol. The van der Waals surface area contributed by atoms with Gasteiger partial charge in [-0.2, -0.15) is 0 Å². The second-order valence-electron chi connectivity index (χ2n) is 2.94. The molecule has 5 heteroatoms. The summed E-state index contributed by atoms with van der Waals surface area (Å²) in [6.07, 6.45) is 0. The highest BCUT2D eigenvalue weighted by atomic mass is 16.5. The van der Waals surface area contributed by atoms with Crippen LogP contribution in [0.15, 0.2) is 0 Å². The topological polar surface area (TPSA) is 67.4 Å². The first-order valence-corrected chi connectivity index (χ1v) is 4.35. The molecule has 0 bridgehead atoms. The largest absolute Gasteiger partial charge is 0.464 e. The molecular formula is C8H14N2O3. The molecule has 0 saturated carbocycles. The van der Waals surface area contributed by atoms with Crippen molar-refractivity contribution in [2.24, 2.45) is 0 Å². The number of hydrogen-bond acceptors (Lipinski definition) is 4. The van der Waals surface area contributed by atoms with E-state index in [1.807, 2.05) is 0 Å². The van der Waals surface area contributed by atoms with E-state index in [9.17, 15) is 9.59 Å². The van der Waals surface area contributed by atoms with Crippen LogP contribution in [0.5, 0.6) is 0 Å². The van der Waals surface area contributed by atoms with Crippen molar-refractivity contribution in [2.45, 2.75) is 25.9 Å². The highest BCUT2D eigenvalue weighted by Gasteiger charge is 2.29. The van der Waals surface area contributed by atoms with Crippen LogP contribution in [0.4, 0.5) is 0 Å². The van der Waals surface area contributed by atoms with Crippen molar-refractivity contribution in [1.82, 2.24) is 10.6 Å². The zero-order valence-corrected chi connectivity index (χ0v) is 7.79. The molecule has 0 radical (unpaired) electrons. The van der Waals surface area contributed by atoms with Crippen LogP contribution < -0.4 is 10.6 Å². The molecule has 1 rings (SSSR count). The van der Waals surface area contributed by atoms with Crippen molar-refractivity contribution in [2.75, 3.05) is 13.2 Å². The number of hydrogen-bond donors (Lipinski definition) is 2. The maximum Gasteiger partial charge on any atom is 0.329 e. The Balaban J connectivity index is 2.45. The van der Waals surface area contributed by atoms with Crippen molar-refractivity contribution < 1.29 is 14.3 Å². The summed E-state index contributed by atoms with van der Waals surface area (Å²) in [5, 5.41) is 5.48. The van der Waals surface area contributed by atoms with Gasteiger partial charge >= 0.3 is 5.97 Å². The van der Waals surface area contributed by atoms with E-state index in [2.05, 4.69) is 10.6 Å². The number of esters is 1. The van der Waals surface area contributed by atoms with Gasteiger partial charge in [-0.3, -0.25) is 4.79 Å². The minimum atomic E-state index is -0.538. The summed E-state index contributed by atoms with van der Waals surface area (Å²) in [7, 11) is 0. The number of carbonyl (C=O) groups is 2. The molecule has 0 spiro atoms. The second-order valence-corrected chi connectivity index (χ2v) is 2.94. The molecule has 1 aliphatic heterocycles. The third-order valence-electron chi connectivity index (χ3n) is 1.91. The molecule has 74 valence electrons. The van der Waals surface area contributed by atoms with Gasteiger partial charge in [-0.15, -0.1) is 0 Å². The number of amides is 1. The van der Waals surface area contributed by atoms with Crippen LogP contribution in [-0.2, 0) is 14.3 Å². The van der Waals surface area contributed by atoms with E-state index < -0.39 is 6.04 Å². The van der Waals surface area contributed by atoms with Crippen LogP contribution >= 0.6 is 0 Å². The normalized spacial score (nSPS) is 28.0. The standard InChI is InChI=1S/C8H14N2O3/c1-3-13-8(12)6-4-9-5(2)7(11)10-6/h5-6,9H,3-4H2,1-2H3,(H,10,11). The molecule has 1 saturated heterocycles. The fourth-order valence-electron chi connectivity index (χ4n) is 1.12. The van der Waals surface area contributed by atoms with Crippen LogP contribution in [0.2, 0.25) is 0 Å². The Labute approximate surface area is 76.8 Å². The van der Waals surface area contributed by atoms with E-state index in [0.29, 0.717) is 13.2 Å². The fourth-order valence-corrected chi connectivity index (χ4v) is 1.12. The first kappa shape index (κ1) is 9.98. The van der Waals surface area contributed by atoms with Crippen molar-refractivity contribution >= 4 is 11.9 Å². The molecule has 0 aromatic rings. The maximum atomic E-state index is 11.2. The minimum absolute atomic E-state index is 0.163. The van der Waals surface area contributed by atoms with Crippen LogP contribution in [0.1, 0.15) is 13.8 Å². The lowest BCUT2D eigenvalue weighted by Gasteiger charge is -2.26. The Morgan fingerprint density at radius 1 is 1.69 bits per heavy atom. The predicted molar refractivity (Wildman–Crippen MR) is 46.0 cm³/mol. The molecule has 2 atom stereocenters. The van der Waals surface area contributed by atoms with Gasteiger partial charge in [-0.05, 0) is 13.8 Å². The molecule has 1 amide bonds. The minimum Gasteiger partial charge on any atom is -0.464 e. The van der Waals surface area contributed by atoms with Gasteiger partial charge in [0.25, 0.3) is 0 Å². The number of ether oxygens (including phenoxy) is 1. The first-order valence-electron chi connectivity index (χ1n) is 4.35. The Hall–Kier alpha value is -1.10. The van der Waals surface area contributed by atoms with Crippen molar-refractivity contribution in [3.8, 4) is 0 Å². The van der Waals surface area contributed by atoms with Gasteiger partial charge in [0.05, 0.1) is 12.6 Å². The number of rotatable bonds is 2. The zero-order chi connectivity index (χ0) is 9.84. The van der Waals surface area contributed by atoms with Crippen molar-refractivity contribution in [3.05, 3.63) is 0 Å². The Kier molecular flexibility index (Phi) is 3.25. The predicted octanol–water partition coefficient (Wildman–Crippen LogP) is -0.974. The summed E-state index contributed by atoms with van der Waals surface area (Å²) in [5.41, 5.74) is 0. The Bertz CT molecular complexity index is 217. The third kappa shape index (κ3) is 2.42. The van der Waals surface area contributed by atoms with Crippen LogP contribution in [-0.4, -0.2) is 37.1 Å². The molecule has 1 fully saturated rings. The van der Waals surface area contributed by atoms with Gasteiger partial charge in [0.1, 0.15) is 6.04 Å². The third-order valence-corrected chi connectivity index (χ3v) is 1.91. The highest BCUT2D eigenvalue weighted by molar-refractivity contribution is 5.88. The summed E-state index contributed by atoms with van der Waals surface area (Å²) in [6.45, 7) is 4.25. The van der Waals surface area contributed by atoms with E-state index in [1.165, 1.54) is 0 Å². The number of carbonyl (C=O) groups excluding carboxylic acids is 2. The molecule has 0 aliphatic carbocycles. The lowest BCUT2D eigenvalue weighted by molar-refractivity contribution is -0.148. The van der Waals surface area contributed by atoms with E-state index >= 15 is 0 Å². The molecule has 13 heavy (non-hydrogen) atoms.